The minimum absolute atomic E-state index is 0.0570. The quantitative estimate of drug-likeness (QED) is 0.346. The maximum absolute atomic E-state index is 12.5. The Morgan fingerprint density at radius 1 is 0.743 bits per heavy atom. The van der Waals surface area contributed by atoms with Crippen molar-refractivity contribution in [2.24, 2.45) is 0 Å². The fraction of sp³-hybridized carbons (Fsp3) is 0.286. The number of piperazine rings is 1. The van der Waals surface area contributed by atoms with E-state index in [2.05, 4.69) is 15.1 Å². The molecule has 2 amide bonds. The predicted molar refractivity (Wildman–Crippen MR) is 135 cm³/mol. The molecule has 0 bridgehead atoms. The van der Waals surface area contributed by atoms with Gasteiger partial charge in [-0.25, -0.2) is 5.48 Å². The molecular weight excluding hydrogens is 440 g/mol. The van der Waals surface area contributed by atoms with Crippen molar-refractivity contribution in [3.05, 3.63) is 106 Å². The van der Waals surface area contributed by atoms with E-state index in [0.717, 1.165) is 50.4 Å². The molecule has 0 spiro atoms. The highest BCUT2D eigenvalue weighted by molar-refractivity contribution is 5.94. The van der Waals surface area contributed by atoms with Gasteiger partial charge < -0.3 is 5.32 Å². The smallest absolute Gasteiger partial charge is 0.274 e. The highest BCUT2D eigenvalue weighted by Crippen LogP contribution is 2.14. The Hall–Kier alpha value is -3.52. The maximum atomic E-state index is 12.5. The van der Waals surface area contributed by atoms with Gasteiger partial charge in [-0.3, -0.25) is 24.6 Å². The molecule has 0 aliphatic carbocycles. The SMILES string of the molecule is Cc1ccccc1CNC(=O)c1ccc(CN2CCN(Cc3ccc(C(=O)NO)cc3)CC2)cc1. The van der Waals surface area contributed by atoms with E-state index in [1.807, 2.05) is 67.6 Å². The van der Waals surface area contributed by atoms with E-state index in [1.165, 1.54) is 11.1 Å². The number of hydrogen-bond acceptors (Lipinski definition) is 5. The van der Waals surface area contributed by atoms with Crippen molar-refractivity contribution >= 4 is 11.8 Å². The molecule has 182 valence electrons. The van der Waals surface area contributed by atoms with Crippen molar-refractivity contribution in [2.75, 3.05) is 26.2 Å². The zero-order valence-corrected chi connectivity index (χ0v) is 20.0. The van der Waals surface area contributed by atoms with Gasteiger partial charge in [0.05, 0.1) is 0 Å². The Bertz CT molecular complexity index is 1140. The standard InChI is InChI=1S/C28H32N4O3/c1-21-4-2-3-5-26(21)18-29-27(33)24-10-6-22(7-11-24)19-31-14-16-32(17-15-31)20-23-8-12-25(13-9-23)28(34)30-35/h2-13,35H,14-20H2,1H3,(H,29,33)(H,30,34). The van der Waals surface area contributed by atoms with Crippen LogP contribution in [0.2, 0.25) is 0 Å². The number of nitrogens with one attached hydrogen (secondary N) is 2. The molecule has 0 radical (unpaired) electrons. The molecule has 35 heavy (non-hydrogen) atoms. The van der Waals surface area contributed by atoms with Gasteiger partial charge in [-0.1, -0.05) is 48.5 Å². The molecule has 7 heteroatoms. The van der Waals surface area contributed by atoms with Crippen LogP contribution in [-0.4, -0.2) is 53.0 Å². The Balaban J connectivity index is 1.21. The summed E-state index contributed by atoms with van der Waals surface area (Å²) in [5, 5.41) is 11.7. The summed E-state index contributed by atoms with van der Waals surface area (Å²) in [7, 11) is 0. The van der Waals surface area contributed by atoms with Gasteiger partial charge in [0, 0.05) is 56.9 Å². The average molecular weight is 473 g/mol. The van der Waals surface area contributed by atoms with Crippen LogP contribution in [0, 0.1) is 6.92 Å². The summed E-state index contributed by atoms with van der Waals surface area (Å²) in [4.78, 5) is 28.8. The number of carbonyl (C=O) groups is 2. The third-order valence-corrected chi connectivity index (χ3v) is 6.51. The van der Waals surface area contributed by atoms with Crippen LogP contribution in [0.5, 0.6) is 0 Å². The minimum atomic E-state index is -0.499. The van der Waals surface area contributed by atoms with Crippen molar-refractivity contribution in [2.45, 2.75) is 26.6 Å². The largest absolute Gasteiger partial charge is 0.348 e. The van der Waals surface area contributed by atoms with E-state index >= 15 is 0 Å². The normalized spacial score (nSPS) is 14.5. The second-order valence-corrected chi connectivity index (χ2v) is 9.00. The maximum Gasteiger partial charge on any atom is 0.274 e. The van der Waals surface area contributed by atoms with Crippen LogP contribution in [0.3, 0.4) is 0 Å². The lowest BCUT2D eigenvalue weighted by molar-refractivity contribution is 0.0706. The molecule has 1 heterocycles. The molecule has 4 rings (SSSR count). The number of amides is 2. The van der Waals surface area contributed by atoms with E-state index in [-0.39, 0.29) is 5.91 Å². The van der Waals surface area contributed by atoms with Gasteiger partial charge >= 0.3 is 0 Å². The van der Waals surface area contributed by atoms with Crippen LogP contribution in [0.15, 0.2) is 72.8 Å². The zero-order chi connectivity index (χ0) is 24.6. The van der Waals surface area contributed by atoms with Crippen molar-refractivity contribution in [3.63, 3.8) is 0 Å². The molecule has 1 aliphatic rings. The molecule has 0 saturated carbocycles. The van der Waals surface area contributed by atoms with Crippen molar-refractivity contribution in [1.29, 1.82) is 0 Å². The number of aryl methyl sites for hydroxylation is 1. The zero-order valence-electron chi connectivity index (χ0n) is 20.0. The van der Waals surface area contributed by atoms with Crippen LogP contribution in [-0.2, 0) is 19.6 Å². The lowest BCUT2D eigenvalue weighted by Crippen LogP contribution is -2.45. The second kappa shape index (κ2) is 11.8. The Morgan fingerprint density at radius 3 is 1.71 bits per heavy atom. The molecule has 0 atom stereocenters. The van der Waals surface area contributed by atoms with Gasteiger partial charge in [0.15, 0.2) is 0 Å². The number of hydrogen-bond donors (Lipinski definition) is 3. The molecule has 1 fully saturated rings. The summed E-state index contributed by atoms with van der Waals surface area (Å²) in [6.07, 6.45) is 0. The first-order valence-electron chi connectivity index (χ1n) is 11.9. The van der Waals surface area contributed by atoms with Gasteiger partial charge in [-0.05, 0) is 53.4 Å². The van der Waals surface area contributed by atoms with Crippen LogP contribution < -0.4 is 10.8 Å². The summed E-state index contributed by atoms with van der Waals surface area (Å²) in [6.45, 7) is 8.17. The molecule has 0 unspecified atom stereocenters. The van der Waals surface area contributed by atoms with Gasteiger partial charge in [0.25, 0.3) is 11.8 Å². The van der Waals surface area contributed by atoms with Gasteiger partial charge in [-0.2, -0.15) is 0 Å². The van der Waals surface area contributed by atoms with Gasteiger partial charge in [0.1, 0.15) is 0 Å². The third kappa shape index (κ3) is 6.76. The number of rotatable bonds is 8. The fourth-order valence-corrected chi connectivity index (χ4v) is 4.30. The first-order valence-corrected chi connectivity index (χ1v) is 11.9. The molecule has 1 saturated heterocycles. The molecular formula is C28H32N4O3. The number of benzene rings is 3. The average Bonchev–Trinajstić information content (AvgIpc) is 2.89. The van der Waals surface area contributed by atoms with E-state index in [1.54, 1.807) is 17.6 Å². The Morgan fingerprint density at radius 2 is 1.23 bits per heavy atom. The van der Waals surface area contributed by atoms with E-state index in [9.17, 15) is 9.59 Å². The second-order valence-electron chi connectivity index (χ2n) is 9.00. The summed E-state index contributed by atoms with van der Waals surface area (Å²) >= 11 is 0. The summed E-state index contributed by atoms with van der Waals surface area (Å²) < 4.78 is 0. The number of hydroxylamine groups is 1. The number of nitrogens with zero attached hydrogens (tertiary/aromatic N) is 2. The van der Waals surface area contributed by atoms with Crippen molar-refractivity contribution < 1.29 is 14.8 Å². The minimum Gasteiger partial charge on any atom is -0.348 e. The Kier molecular flexibility index (Phi) is 8.26. The van der Waals surface area contributed by atoms with E-state index in [4.69, 9.17) is 5.21 Å². The highest BCUT2D eigenvalue weighted by Gasteiger charge is 2.17. The van der Waals surface area contributed by atoms with Crippen molar-refractivity contribution in [3.8, 4) is 0 Å². The number of carbonyl (C=O) groups excluding carboxylic acids is 2. The molecule has 3 N–H and O–H groups in total. The Labute approximate surface area is 206 Å². The summed E-state index contributed by atoms with van der Waals surface area (Å²) in [6, 6.07) is 23.3. The molecule has 0 aromatic heterocycles. The van der Waals surface area contributed by atoms with Gasteiger partial charge in [-0.15, -0.1) is 0 Å². The first-order chi connectivity index (χ1) is 17.0. The van der Waals surface area contributed by atoms with E-state index in [0.29, 0.717) is 17.7 Å². The molecule has 3 aromatic rings. The topological polar surface area (TPSA) is 84.9 Å². The highest BCUT2D eigenvalue weighted by atomic mass is 16.5. The lowest BCUT2D eigenvalue weighted by Gasteiger charge is -2.34. The predicted octanol–water partition coefficient (Wildman–Crippen LogP) is 3.36. The van der Waals surface area contributed by atoms with E-state index < -0.39 is 5.91 Å². The van der Waals surface area contributed by atoms with Crippen LogP contribution in [0.4, 0.5) is 0 Å². The first kappa shape index (κ1) is 24.6. The molecule has 1 aliphatic heterocycles. The van der Waals surface area contributed by atoms with Crippen LogP contribution in [0.1, 0.15) is 43.0 Å². The summed E-state index contributed by atoms with van der Waals surface area (Å²) in [5.74, 6) is -0.556. The fourth-order valence-electron chi connectivity index (χ4n) is 4.30. The third-order valence-electron chi connectivity index (χ3n) is 6.51. The van der Waals surface area contributed by atoms with Crippen LogP contribution >= 0.6 is 0 Å². The van der Waals surface area contributed by atoms with Crippen molar-refractivity contribution in [1.82, 2.24) is 20.6 Å². The van der Waals surface area contributed by atoms with Gasteiger partial charge in [0.2, 0.25) is 0 Å². The molecule has 7 nitrogen and oxygen atoms in total. The summed E-state index contributed by atoms with van der Waals surface area (Å²) in [5.41, 5.74) is 7.42. The molecule has 3 aromatic carbocycles. The monoisotopic (exact) mass is 472 g/mol. The lowest BCUT2D eigenvalue weighted by atomic mass is 10.1. The van der Waals surface area contributed by atoms with Crippen LogP contribution in [0.25, 0.3) is 0 Å².